The van der Waals surface area contributed by atoms with E-state index in [9.17, 15) is 49.5 Å². The molecule has 0 saturated carbocycles. The van der Waals surface area contributed by atoms with Crippen molar-refractivity contribution in [2.45, 2.75) is 99.3 Å². The molecule has 58 heavy (non-hydrogen) atoms. The van der Waals surface area contributed by atoms with E-state index in [0.29, 0.717) is 0 Å². The topological polar surface area (TPSA) is 245 Å². The SMILES string of the molecule is COC(=O)[C@@H]1[C@H](O)[C@H](C)[C@H](O)[C@H](C)/C=C\C=C(/C)C(=O)Nc2c(C)c(OC(C)=O)c3c(c2O)C(=O)C(C)=C2OCOC(=C23)/C(C)=C\[C@@](C)(O)[C@H](O)[C@@H](C)[C@H]1OC(C)=O. The van der Waals surface area contributed by atoms with Crippen LogP contribution in [-0.4, -0.2) is 99.1 Å². The van der Waals surface area contributed by atoms with Crippen molar-refractivity contribution in [3.63, 3.8) is 0 Å². The second-order valence-corrected chi connectivity index (χ2v) is 15.3. The van der Waals surface area contributed by atoms with E-state index in [1.807, 2.05) is 0 Å². The number of amides is 1. The molecule has 5 rings (SSSR count). The standard InChI is InChI=1S/C42H53NO15/c1-17-13-12-14-18(2)40(51)43-30-20(4)37(57-24(8)44)26-27(34(30)49)33(48)22(6)36-28(26)35(55-16-56-36)19(3)15-42(10,53)39(50)23(7)38(58-25(9)45)29(41(52)54-11)32(47)21(5)31(17)46/h12-15,17,21,23,29,31-32,38-39,46-47,49-50,53H,16H2,1-11H3,(H,43,51)/b13-12-,18-14+,19-15-/t17-,21-,23+,29-,31-,32-,38-,39-,42-/m1/s1. The van der Waals surface area contributed by atoms with Crippen LogP contribution in [0.5, 0.6) is 11.5 Å². The fourth-order valence-electron chi connectivity index (χ4n) is 7.63. The highest BCUT2D eigenvalue weighted by atomic mass is 16.7. The Bertz CT molecular complexity index is 2040. The molecule has 316 valence electrons. The maximum atomic E-state index is 14.0. The molecule has 0 saturated heterocycles. The summed E-state index contributed by atoms with van der Waals surface area (Å²) in [5.74, 6) is -9.71. The van der Waals surface area contributed by atoms with E-state index >= 15 is 0 Å². The number of fused-ring (bicyclic) bond motifs is 14. The lowest BCUT2D eigenvalue weighted by molar-refractivity contribution is -0.181. The number of rotatable bonds is 3. The summed E-state index contributed by atoms with van der Waals surface area (Å²) in [6.45, 7) is 13.4. The van der Waals surface area contributed by atoms with E-state index in [1.165, 1.54) is 66.7 Å². The zero-order chi connectivity index (χ0) is 43.7. The lowest BCUT2D eigenvalue weighted by Gasteiger charge is -2.40. The molecular formula is C42H53NO15. The summed E-state index contributed by atoms with van der Waals surface area (Å²) in [5.41, 5.74) is -2.49. The van der Waals surface area contributed by atoms with Crippen LogP contribution in [0.15, 0.2) is 52.5 Å². The van der Waals surface area contributed by atoms with Gasteiger partial charge in [0.1, 0.15) is 34.9 Å². The maximum Gasteiger partial charge on any atom is 0.315 e. The third kappa shape index (κ3) is 8.74. The summed E-state index contributed by atoms with van der Waals surface area (Å²) < 4.78 is 28.0. The monoisotopic (exact) mass is 811 g/mol. The molecule has 9 atom stereocenters. The van der Waals surface area contributed by atoms with Crippen molar-refractivity contribution in [2.24, 2.45) is 23.7 Å². The number of esters is 3. The predicted molar refractivity (Wildman–Crippen MR) is 208 cm³/mol. The van der Waals surface area contributed by atoms with Crippen molar-refractivity contribution in [3.8, 4) is 11.5 Å². The van der Waals surface area contributed by atoms with Gasteiger partial charge in [-0.25, -0.2) is 0 Å². The summed E-state index contributed by atoms with van der Waals surface area (Å²) in [7, 11) is 1.06. The summed E-state index contributed by atoms with van der Waals surface area (Å²) >= 11 is 0. The molecule has 6 N–H and O–H groups in total. The van der Waals surface area contributed by atoms with Crippen LogP contribution in [0.3, 0.4) is 0 Å². The largest absolute Gasteiger partial charge is 0.505 e. The van der Waals surface area contributed by atoms with Gasteiger partial charge in [-0.1, -0.05) is 39.0 Å². The second-order valence-electron chi connectivity index (χ2n) is 15.3. The molecule has 0 fully saturated rings. The first kappa shape index (κ1) is 45.4. The molecule has 1 amide bonds. The van der Waals surface area contributed by atoms with Gasteiger partial charge >= 0.3 is 17.9 Å². The molecule has 4 bridgehead atoms. The molecule has 0 radical (unpaired) electrons. The van der Waals surface area contributed by atoms with E-state index in [1.54, 1.807) is 13.0 Å². The summed E-state index contributed by atoms with van der Waals surface area (Å²) in [4.78, 5) is 66.1. The first-order valence-electron chi connectivity index (χ1n) is 18.7. The first-order chi connectivity index (χ1) is 27.0. The van der Waals surface area contributed by atoms with Crippen LogP contribution in [0.2, 0.25) is 0 Å². The predicted octanol–water partition coefficient (Wildman–Crippen LogP) is 3.68. The van der Waals surface area contributed by atoms with Crippen molar-refractivity contribution < 1.29 is 73.2 Å². The van der Waals surface area contributed by atoms with Crippen LogP contribution in [0.25, 0.3) is 5.57 Å². The number of ether oxygens (including phenoxy) is 5. The number of aliphatic hydroxyl groups excluding tert-OH is 3. The Kier molecular flexibility index (Phi) is 13.8. The molecular weight excluding hydrogens is 758 g/mol. The molecule has 0 spiro atoms. The summed E-state index contributed by atoms with van der Waals surface area (Å²) in [6.07, 6.45) is -0.811. The molecule has 16 heteroatoms. The van der Waals surface area contributed by atoms with Crippen LogP contribution in [0.4, 0.5) is 5.69 Å². The molecule has 1 aromatic carbocycles. The summed E-state index contributed by atoms with van der Waals surface area (Å²) in [5, 5.41) is 61.2. The normalized spacial score (nSPS) is 32.1. The molecule has 3 aliphatic heterocycles. The van der Waals surface area contributed by atoms with Crippen molar-refractivity contribution in [1.29, 1.82) is 0 Å². The lowest BCUT2D eigenvalue weighted by Crippen LogP contribution is -2.54. The number of hydrogen-bond acceptors (Lipinski definition) is 15. The number of methoxy groups -OCH3 is 1. The van der Waals surface area contributed by atoms with Crippen LogP contribution in [-0.2, 0) is 38.1 Å². The molecule has 1 aliphatic carbocycles. The molecule has 0 aromatic heterocycles. The Balaban J connectivity index is 2.10. The highest BCUT2D eigenvalue weighted by Gasteiger charge is 2.49. The number of anilines is 1. The van der Waals surface area contributed by atoms with Gasteiger partial charge in [0.25, 0.3) is 5.91 Å². The first-order valence-corrected chi connectivity index (χ1v) is 18.7. The van der Waals surface area contributed by atoms with E-state index in [0.717, 1.165) is 21.0 Å². The van der Waals surface area contributed by atoms with E-state index in [4.69, 9.17) is 23.7 Å². The van der Waals surface area contributed by atoms with Crippen LogP contribution < -0.4 is 10.1 Å². The van der Waals surface area contributed by atoms with Gasteiger partial charge in [0.2, 0.25) is 6.79 Å². The van der Waals surface area contributed by atoms with Gasteiger partial charge in [0, 0.05) is 53.9 Å². The van der Waals surface area contributed by atoms with E-state index < -0.39 is 95.8 Å². The summed E-state index contributed by atoms with van der Waals surface area (Å²) in [6, 6.07) is 0. The maximum absolute atomic E-state index is 14.0. The van der Waals surface area contributed by atoms with Crippen LogP contribution >= 0.6 is 0 Å². The molecule has 4 aliphatic rings. The fourth-order valence-corrected chi connectivity index (χ4v) is 7.63. The average Bonchev–Trinajstić information content (AvgIpc) is 3.16. The molecule has 16 nitrogen and oxygen atoms in total. The number of carbonyl (C=O) groups excluding carboxylic acids is 5. The third-order valence-electron chi connectivity index (χ3n) is 10.9. The van der Waals surface area contributed by atoms with Gasteiger partial charge in [-0.2, -0.15) is 0 Å². The number of aromatic hydroxyl groups is 1. The van der Waals surface area contributed by atoms with Crippen LogP contribution in [0, 0.1) is 30.6 Å². The lowest BCUT2D eigenvalue weighted by atomic mass is 9.75. The Hall–Kier alpha value is -5.29. The smallest absolute Gasteiger partial charge is 0.315 e. The minimum atomic E-state index is -2.22. The third-order valence-corrected chi connectivity index (χ3v) is 10.9. The number of benzene rings is 1. The number of phenolic OH excluding ortho intramolecular Hbond substituents is 1. The van der Waals surface area contributed by atoms with E-state index in [2.05, 4.69) is 5.32 Å². The minimum absolute atomic E-state index is 0.00972. The molecule has 0 unspecified atom stereocenters. The van der Waals surface area contributed by atoms with Gasteiger partial charge in [-0.15, -0.1) is 0 Å². The fraction of sp³-hybridized carbons (Fsp3) is 0.500. The highest BCUT2D eigenvalue weighted by molar-refractivity contribution is 6.21. The van der Waals surface area contributed by atoms with Gasteiger partial charge < -0.3 is 54.5 Å². The van der Waals surface area contributed by atoms with Crippen molar-refractivity contribution in [2.75, 3.05) is 19.2 Å². The van der Waals surface area contributed by atoms with Crippen molar-refractivity contribution in [3.05, 3.63) is 69.2 Å². The van der Waals surface area contributed by atoms with Crippen molar-refractivity contribution >= 4 is 40.9 Å². The number of hydrogen-bond donors (Lipinski definition) is 6. The van der Waals surface area contributed by atoms with Crippen LogP contribution in [0.1, 0.15) is 83.8 Å². The minimum Gasteiger partial charge on any atom is -0.505 e. The second kappa shape index (κ2) is 17.7. The average molecular weight is 812 g/mol. The Morgan fingerprint density at radius 2 is 1.52 bits per heavy atom. The Morgan fingerprint density at radius 1 is 0.897 bits per heavy atom. The number of carbonyl (C=O) groups is 5. The zero-order valence-electron chi connectivity index (χ0n) is 34.5. The van der Waals surface area contributed by atoms with Gasteiger partial charge in [0.05, 0.1) is 42.2 Å². The molecule has 3 heterocycles. The van der Waals surface area contributed by atoms with Crippen molar-refractivity contribution in [1.82, 2.24) is 0 Å². The van der Waals surface area contributed by atoms with Gasteiger partial charge in [0.15, 0.2) is 11.5 Å². The van der Waals surface area contributed by atoms with Gasteiger partial charge in [-0.3, -0.25) is 24.0 Å². The zero-order valence-corrected chi connectivity index (χ0v) is 34.5. The number of ketones is 1. The number of phenols is 1. The number of nitrogens with one attached hydrogen (secondary N) is 1. The molecule has 1 aromatic rings. The highest BCUT2D eigenvalue weighted by Crippen LogP contribution is 2.53. The van der Waals surface area contributed by atoms with E-state index in [-0.39, 0.29) is 61.9 Å². The number of aliphatic hydroxyl groups is 4. The van der Waals surface area contributed by atoms with Gasteiger partial charge in [-0.05, 0) is 46.3 Å². The Morgan fingerprint density at radius 3 is 2.10 bits per heavy atom. The quantitative estimate of drug-likeness (QED) is 0.145. The number of allylic oxidation sites excluding steroid dienone is 5. The Labute approximate surface area is 336 Å². The number of Topliss-reactive ketones (excluding diaryl/α,β-unsaturated/α-hetero) is 1.